The fourth-order valence-corrected chi connectivity index (χ4v) is 2.13. The predicted molar refractivity (Wildman–Crippen MR) is 69.9 cm³/mol. The smallest absolute Gasteiger partial charge is 0.327 e. The molecule has 1 aromatic carbocycles. The van der Waals surface area contributed by atoms with Gasteiger partial charge in [0.25, 0.3) is 0 Å². The van der Waals surface area contributed by atoms with Crippen LogP contribution in [-0.4, -0.2) is 33.4 Å². The molecular formula is C13H13FN4O3. The van der Waals surface area contributed by atoms with E-state index in [0.29, 0.717) is 12.2 Å². The number of nitrogen functional groups attached to an aromatic ring is 1. The Bertz CT molecular complexity index is 673. The van der Waals surface area contributed by atoms with E-state index in [2.05, 4.69) is 10.1 Å². The molecule has 3 rings (SSSR count). The van der Waals surface area contributed by atoms with E-state index in [1.807, 2.05) is 0 Å². The van der Waals surface area contributed by atoms with Crippen molar-refractivity contribution < 1.29 is 18.7 Å². The molecule has 21 heavy (non-hydrogen) atoms. The number of ether oxygens (including phenoxy) is 2. The number of aromatic nitrogens is 3. The molecule has 110 valence electrons. The van der Waals surface area contributed by atoms with Gasteiger partial charge in [0.05, 0.1) is 0 Å². The standard InChI is InChI=1S/C13H13FN4O3/c14-9-1-2-11-8(3-9)4-10(21-11)6-20-12(19)5-18-7-16-13(15)17-18/h1-3,7,10H,4-6H2,(H2,15,17). The number of hydrogen-bond acceptors (Lipinski definition) is 6. The van der Waals surface area contributed by atoms with Crippen molar-refractivity contribution in [1.29, 1.82) is 0 Å². The van der Waals surface area contributed by atoms with Crippen molar-refractivity contribution in [1.82, 2.24) is 14.8 Å². The first-order chi connectivity index (χ1) is 10.1. The Labute approximate surface area is 119 Å². The van der Waals surface area contributed by atoms with Crippen LogP contribution in [0.25, 0.3) is 0 Å². The van der Waals surface area contributed by atoms with Crippen LogP contribution in [-0.2, 0) is 22.5 Å². The van der Waals surface area contributed by atoms with Crippen molar-refractivity contribution in [3.05, 3.63) is 35.9 Å². The number of rotatable bonds is 4. The Morgan fingerprint density at radius 3 is 3.19 bits per heavy atom. The molecule has 2 N–H and O–H groups in total. The molecule has 0 bridgehead atoms. The molecule has 2 aromatic rings. The number of hydrogen-bond donors (Lipinski definition) is 1. The lowest BCUT2D eigenvalue weighted by Crippen LogP contribution is -2.24. The SMILES string of the molecule is Nc1ncn(CC(=O)OCC2Cc3cc(F)ccc3O2)n1. The number of halogens is 1. The maximum absolute atomic E-state index is 13.1. The van der Waals surface area contributed by atoms with Crippen molar-refractivity contribution in [2.75, 3.05) is 12.3 Å². The summed E-state index contributed by atoms with van der Waals surface area (Å²) in [6, 6.07) is 4.34. The van der Waals surface area contributed by atoms with Gasteiger partial charge in [0.1, 0.15) is 37.1 Å². The zero-order valence-electron chi connectivity index (χ0n) is 11.0. The highest BCUT2D eigenvalue weighted by atomic mass is 19.1. The van der Waals surface area contributed by atoms with E-state index in [1.165, 1.54) is 23.1 Å². The monoisotopic (exact) mass is 292 g/mol. The van der Waals surface area contributed by atoms with Crippen molar-refractivity contribution in [3.63, 3.8) is 0 Å². The average Bonchev–Trinajstić information content (AvgIpc) is 3.02. The van der Waals surface area contributed by atoms with Crippen LogP contribution in [0.4, 0.5) is 10.3 Å². The van der Waals surface area contributed by atoms with Gasteiger partial charge in [-0.3, -0.25) is 4.79 Å². The van der Waals surface area contributed by atoms with E-state index in [9.17, 15) is 9.18 Å². The number of nitrogens with two attached hydrogens (primary N) is 1. The maximum Gasteiger partial charge on any atom is 0.327 e. The highest BCUT2D eigenvalue weighted by Gasteiger charge is 2.24. The summed E-state index contributed by atoms with van der Waals surface area (Å²) < 4.78 is 25.1. The molecule has 1 unspecified atom stereocenters. The van der Waals surface area contributed by atoms with Crippen LogP contribution in [0.1, 0.15) is 5.56 Å². The minimum absolute atomic E-state index is 0.0709. The second-order valence-electron chi connectivity index (χ2n) is 4.68. The highest BCUT2D eigenvalue weighted by molar-refractivity contribution is 5.69. The van der Waals surface area contributed by atoms with E-state index in [1.54, 1.807) is 6.07 Å². The third kappa shape index (κ3) is 3.10. The minimum Gasteiger partial charge on any atom is -0.486 e. The van der Waals surface area contributed by atoms with Gasteiger partial charge in [0, 0.05) is 12.0 Å². The molecule has 0 amide bonds. The first-order valence-electron chi connectivity index (χ1n) is 6.36. The third-order valence-corrected chi connectivity index (χ3v) is 3.04. The summed E-state index contributed by atoms with van der Waals surface area (Å²) in [5.74, 6) is -0.0506. The van der Waals surface area contributed by atoms with Crippen LogP contribution in [0.3, 0.4) is 0 Å². The summed E-state index contributed by atoms with van der Waals surface area (Å²) in [6.07, 6.45) is 1.56. The third-order valence-electron chi connectivity index (χ3n) is 3.04. The fourth-order valence-electron chi connectivity index (χ4n) is 2.13. The van der Waals surface area contributed by atoms with E-state index in [-0.39, 0.29) is 31.0 Å². The molecule has 1 aliphatic heterocycles. The topological polar surface area (TPSA) is 92.3 Å². The Kier molecular flexibility index (Phi) is 3.43. The second kappa shape index (κ2) is 5.39. The van der Waals surface area contributed by atoms with Gasteiger partial charge < -0.3 is 15.2 Å². The number of esters is 1. The van der Waals surface area contributed by atoms with E-state index < -0.39 is 5.97 Å². The number of fused-ring (bicyclic) bond motifs is 1. The van der Waals surface area contributed by atoms with Gasteiger partial charge in [-0.2, -0.15) is 0 Å². The van der Waals surface area contributed by atoms with Crippen molar-refractivity contribution in [2.24, 2.45) is 0 Å². The fraction of sp³-hybridized carbons (Fsp3) is 0.308. The molecule has 1 aromatic heterocycles. The maximum atomic E-state index is 13.1. The molecule has 0 fully saturated rings. The Hall–Kier alpha value is -2.64. The van der Waals surface area contributed by atoms with Gasteiger partial charge >= 0.3 is 5.97 Å². The molecule has 7 nitrogen and oxygen atoms in total. The van der Waals surface area contributed by atoms with Gasteiger partial charge in [-0.25, -0.2) is 14.1 Å². The molecule has 1 atom stereocenters. The van der Waals surface area contributed by atoms with E-state index in [0.717, 1.165) is 5.56 Å². The molecular weight excluding hydrogens is 279 g/mol. The number of anilines is 1. The minimum atomic E-state index is -0.467. The van der Waals surface area contributed by atoms with Crippen LogP contribution in [0, 0.1) is 5.82 Å². The Morgan fingerprint density at radius 1 is 1.57 bits per heavy atom. The molecule has 0 spiro atoms. The quantitative estimate of drug-likeness (QED) is 0.827. The van der Waals surface area contributed by atoms with Gasteiger partial charge in [-0.15, -0.1) is 5.10 Å². The number of nitrogens with zero attached hydrogens (tertiary/aromatic N) is 3. The molecule has 0 aliphatic carbocycles. The van der Waals surface area contributed by atoms with Crippen LogP contribution in [0.5, 0.6) is 5.75 Å². The molecule has 2 heterocycles. The molecule has 8 heteroatoms. The zero-order valence-corrected chi connectivity index (χ0v) is 11.0. The summed E-state index contributed by atoms with van der Waals surface area (Å²) in [4.78, 5) is 15.3. The van der Waals surface area contributed by atoms with Crippen molar-refractivity contribution in [2.45, 2.75) is 19.1 Å². The second-order valence-corrected chi connectivity index (χ2v) is 4.68. The van der Waals surface area contributed by atoms with Crippen molar-refractivity contribution in [3.8, 4) is 5.75 Å². The Morgan fingerprint density at radius 2 is 2.43 bits per heavy atom. The van der Waals surface area contributed by atoms with Gasteiger partial charge in [0.2, 0.25) is 5.95 Å². The number of benzene rings is 1. The zero-order chi connectivity index (χ0) is 14.8. The predicted octanol–water partition coefficient (Wildman–Crippen LogP) is 0.546. The van der Waals surface area contributed by atoms with E-state index >= 15 is 0 Å². The van der Waals surface area contributed by atoms with Crippen LogP contribution in [0.2, 0.25) is 0 Å². The van der Waals surface area contributed by atoms with Crippen LogP contribution < -0.4 is 10.5 Å². The van der Waals surface area contributed by atoms with Gasteiger partial charge in [0.15, 0.2) is 0 Å². The van der Waals surface area contributed by atoms with Crippen LogP contribution in [0.15, 0.2) is 24.5 Å². The first kappa shape index (κ1) is 13.3. The van der Waals surface area contributed by atoms with Crippen LogP contribution >= 0.6 is 0 Å². The van der Waals surface area contributed by atoms with Gasteiger partial charge in [-0.05, 0) is 18.2 Å². The number of carbonyl (C=O) groups is 1. The van der Waals surface area contributed by atoms with Gasteiger partial charge in [-0.1, -0.05) is 0 Å². The largest absolute Gasteiger partial charge is 0.486 e. The molecule has 0 radical (unpaired) electrons. The average molecular weight is 292 g/mol. The first-order valence-corrected chi connectivity index (χ1v) is 6.36. The normalized spacial score (nSPS) is 16.3. The number of carbonyl (C=O) groups excluding carboxylic acids is 1. The summed E-state index contributed by atoms with van der Waals surface area (Å²) in [5, 5.41) is 3.78. The lowest BCUT2D eigenvalue weighted by molar-refractivity contribution is -0.146. The Balaban J connectivity index is 1.49. The summed E-state index contributed by atoms with van der Waals surface area (Å²) in [6.45, 7) is 0.0256. The summed E-state index contributed by atoms with van der Waals surface area (Å²) in [5.41, 5.74) is 6.12. The summed E-state index contributed by atoms with van der Waals surface area (Å²) in [7, 11) is 0. The lowest BCUT2D eigenvalue weighted by atomic mass is 10.1. The molecule has 0 saturated carbocycles. The highest BCUT2D eigenvalue weighted by Crippen LogP contribution is 2.29. The van der Waals surface area contributed by atoms with Crippen molar-refractivity contribution >= 4 is 11.9 Å². The molecule has 1 aliphatic rings. The van der Waals surface area contributed by atoms with E-state index in [4.69, 9.17) is 15.2 Å². The lowest BCUT2D eigenvalue weighted by Gasteiger charge is -2.11. The summed E-state index contributed by atoms with van der Waals surface area (Å²) >= 11 is 0. The molecule has 0 saturated heterocycles.